The summed E-state index contributed by atoms with van der Waals surface area (Å²) in [6, 6.07) is 17.2. The Balaban J connectivity index is 1.42. The van der Waals surface area contributed by atoms with E-state index in [0.717, 1.165) is 22.3 Å². The molecule has 1 amide bonds. The van der Waals surface area contributed by atoms with Crippen molar-refractivity contribution in [2.75, 3.05) is 18.5 Å². The lowest BCUT2D eigenvalue weighted by Gasteiger charge is -2.17. The molecule has 0 unspecified atom stereocenters. The maximum atomic E-state index is 12.3. The zero-order valence-corrected chi connectivity index (χ0v) is 19.6. The number of aliphatic hydroxyl groups excluding tert-OH is 1. The summed E-state index contributed by atoms with van der Waals surface area (Å²) < 4.78 is 7.88. The highest BCUT2D eigenvalue weighted by Gasteiger charge is 2.18. The molecule has 5 rings (SSSR count). The number of pyridine rings is 1. The van der Waals surface area contributed by atoms with Crippen molar-refractivity contribution in [3.63, 3.8) is 0 Å². The number of hydrogen-bond acceptors (Lipinski definition) is 8. The summed E-state index contributed by atoms with van der Waals surface area (Å²) in [6.45, 7) is 2.26. The average molecular weight is 484 g/mol. The maximum absolute atomic E-state index is 12.3. The molecule has 10 nitrogen and oxygen atoms in total. The fraction of sp³-hybridized carbons (Fsp3) is 0.192. The number of hydrogen-bond donors (Lipinski definition) is 3. The molecule has 0 spiro atoms. The van der Waals surface area contributed by atoms with E-state index in [1.807, 2.05) is 59.4 Å². The van der Waals surface area contributed by atoms with Gasteiger partial charge in [-0.2, -0.15) is 5.10 Å². The Morgan fingerprint density at radius 2 is 2.03 bits per heavy atom. The Morgan fingerprint density at radius 1 is 1.11 bits per heavy atom. The minimum atomic E-state index is -0.767. The Morgan fingerprint density at radius 3 is 2.86 bits per heavy atom. The minimum Gasteiger partial charge on any atom is -0.480 e. The first-order valence-electron chi connectivity index (χ1n) is 11.5. The van der Waals surface area contributed by atoms with Crippen LogP contribution in [-0.2, 0) is 11.3 Å². The van der Waals surface area contributed by atoms with E-state index in [1.165, 1.54) is 6.33 Å². The molecule has 1 atom stereocenters. The molecule has 0 saturated carbocycles. The molecule has 0 radical (unpaired) electrons. The highest BCUT2D eigenvalue weighted by molar-refractivity contribution is 5.96. The van der Waals surface area contributed by atoms with Crippen LogP contribution in [0.2, 0.25) is 0 Å². The quantitative estimate of drug-likeness (QED) is 0.292. The monoisotopic (exact) mass is 483 g/mol. The fourth-order valence-electron chi connectivity index (χ4n) is 3.91. The molecular weight excluding hydrogens is 458 g/mol. The van der Waals surface area contributed by atoms with Crippen LogP contribution < -0.4 is 15.4 Å². The Hall–Kier alpha value is -4.57. The van der Waals surface area contributed by atoms with Crippen LogP contribution >= 0.6 is 0 Å². The number of aromatic nitrogens is 5. The van der Waals surface area contributed by atoms with E-state index in [4.69, 9.17) is 9.84 Å². The molecule has 0 fully saturated rings. The van der Waals surface area contributed by atoms with Gasteiger partial charge in [-0.15, -0.1) is 0 Å². The Bertz CT molecular complexity index is 1500. The highest BCUT2D eigenvalue weighted by atomic mass is 16.5. The number of benzene rings is 2. The average Bonchev–Trinajstić information content (AvgIpc) is 3.29. The Labute approximate surface area is 207 Å². The number of rotatable bonds is 9. The van der Waals surface area contributed by atoms with E-state index in [0.29, 0.717) is 29.0 Å². The molecule has 3 aromatic heterocycles. The maximum Gasteiger partial charge on any atom is 0.260 e. The fourth-order valence-corrected chi connectivity index (χ4v) is 3.91. The van der Waals surface area contributed by atoms with Crippen LogP contribution in [0.4, 0.5) is 11.5 Å². The highest BCUT2D eigenvalue weighted by Crippen LogP contribution is 2.32. The van der Waals surface area contributed by atoms with Crippen molar-refractivity contribution in [1.29, 1.82) is 0 Å². The number of nitrogens with zero attached hydrogens (tertiary/aromatic N) is 5. The second-order valence-corrected chi connectivity index (χ2v) is 8.17. The first kappa shape index (κ1) is 23.2. The predicted octanol–water partition coefficient (Wildman–Crippen LogP) is 3.04. The van der Waals surface area contributed by atoms with Gasteiger partial charge in [0.15, 0.2) is 6.10 Å². The third-order valence-electron chi connectivity index (χ3n) is 5.65. The number of carbonyl (C=O) groups is 1. The Kier molecular flexibility index (Phi) is 6.67. The topological polar surface area (TPSA) is 127 Å². The molecule has 2 aromatic carbocycles. The van der Waals surface area contributed by atoms with E-state index in [1.54, 1.807) is 19.2 Å². The zero-order valence-electron chi connectivity index (χ0n) is 19.6. The van der Waals surface area contributed by atoms with Crippen LogP contribution in [0.3, 0.4) is 0 Å². The normalized spacial score (nSPS) is 11.9. The van der Waals surface area contributed by atoms with Crippen molar-refractivity contribution < 1.29 is 14.6 Å². The molecule has 0 bridgehead atoms. The molecule has 3 heterocycles. The number of nitrogens with one attached hydrogen (secondary N) is 2. The van der Waals surface area contributed by atoms with Gasteiger partial charge in [0, 0.05) is 23.8 Å². The summed E-state index contributed by atoms with van der Waals surface area (Å²) in [6.07, 6.45) is 4.31. The number of carbonyl (C=O) groups excluding carboxylic acids is 1. The van der Waals surface area contributed by atoms with Crippen molar-refractivity contribution in [3.8, 4) is 5.75 Å². The van der Waals surface area contributed by atoms with Crippen LogP contribution in [0.25, 0.3) is 21.8 Å². The molecule has 3 N–H and O–H groups in total. The predicted molar refractivity (Wildman–Crippen MR) is 136 cm³/mol. The van der Waals surface area contributed by atoms with Crippen LogP contribution in [0.5, 0.6) is 5.75 Å². The minimum absolute atomic E-state index is 0.138. The van der Waals surface area contributed by atoms with Gasteiger partial charge in [0.25, 0.3) is 5.91 Å². The van der Waals surface area contributed by atoms with Gasteiger partial charge < -0.3 is 20.5 Å². The summed E-state index contributed by atoms with van der Waals surface area (Å²) in [4.78, 5) is 25.4. The third kappa shape index (κ3) is 4.93. The molecule has 182 valence electrons. The number of fused-ring (bicyclic) bond motifs is 2. The lowest BCUT2D eigenvalue weighted by Crippen LogP contribution is -2.37. The van der Waals surface area contributed by atoms with Crippen molar-refractivity contribution in [2.24, 2.45) is 0 Å². The molecular formula is C26H25N7O3. The molecule has 10 heteroatoms. The van der Waals surface area contributed by atoms with Gasteiger partial charge >= 0.3 is 0 Å². The second-order valence-electron chi connectivity index (χ2n) is 8.17. The standard InChI is InChI=1S/C26H25N7O3/c1-17(26(35)28-11-12-34)36-23-7-4-6-21-24(23)25(30-16-29-21)32-19-8-9-22-18(13-19)14-31-33(22)15-20-5-2-3-10-27-20/h2-10,13-14,16-17,34H,11-12,15H2,1H3,(H,28,35)(H,29,30,32)/t17-/m1/s1. The van der Waals surface area contributed by atoms with Crippen LogP contribution in [0.15, 0.2) is 73.3 Å². The van der Waals surface area contributed by atoms with Crippen molar-refractivity contribution in [1.82, 2.24) is 30.0 Å². The van der Waals surface area contributed by atoms with E-state index in [9.17, 15) is 4.79 Å². The molecule has 0 aliphatic carbocycles. The molecule has 0 aliphatic heterocycles. The summed E-state index contributed by atoms with van der Waals surface area (Å²) in [5.74, 6) is 0.714. The van der Waals surface area contributed by atoms with Gasteiger partial charge in [0.1, 0.15) is 17.9 Å². The summed E-state index contributed by atoms with van der Waals surface area (Å²) >= 11 is 0. The molecule has 0 aliphatic rings. The van der Waals surface area contributed by atoms with E-state index in [-0.39, 0.29) is 19.1 Å². The van der Waals surface area contributed by atoms with Crippen LogP contribution in [-0.4, -0.2) is 55.0 Å². The number of anilines is 2. The summed E-state index contributed by atoms with van der Waals surface area (Å²) in [7, 11) is 0. The molecule has 5 aromatic rings. The first-order valence-corrected chi connectivity index (χ1v) is 11.5. The molecule has 0 saturated heterocycles. The lowest BCUT2D eigenvalue weighted by atomic mass is 10.2. The first-order chi connectivity index (χ1) is 17.6. The summed E-state index contributed by atoms with van der Waals surface area (Å²) in [5.41, 5.74) is 3.43. The number of ether oxygens (including phenoxy) is 1. The number of amides is 1. The zero-order chi connectivity index (χ0) is 24.9. The van der Waals surface area contributed by atoms with Gasteiger partial charge in [-0.05, 0) is 49.4 Å². The summed E-state index contributed by atoms with van der Waals surface area (Å²) in [5, 5.41) is 21.1. The van der Waals surface area contributed by atoms with Crippen LogP contribution in [0, 0.1) is 0 Å². The van der Waals surface area contributed by atoms with Crippen molar-refractivity contribution in [3.05, 3.63) is 79.0 Å². The second kappa shape index (κ2) is 10.4. The third-order valence-corrected chi connectivity index (χ3v) is 5.65. The van der Waals surface area contributed by atoms with Gasteiger partial charge in [0.2, 0.25) is 0 Å². The van der Waals surface area contributed by atoms with Gasteiger partial charge in [-0.3, -0.25) is 14.5 Å². The van der Waals surface area contributed by atoms with E-state index in [2.05, 4.69) is 30.7 Å². The largest absolute Gasteiger partial charge is 0.480 e. The van der Waals surface area contributed by atoms with Crippen molar-refractivity contribution in [2.45, 2.75) is 19.6 Å². The smallest absolute Gasteiger partial charge is 0.260 e. The van der Waals surface area contributed by atoms with Crippen LogP contribution in [0.1, 0.15) is 12.6 Å². The molecule has 36 heavy (non-hydrogen) atoms. The van der Waals surface area contributed by atoms with Gasteiger partial charge in [-0.1, -0.05) is 12.1 Å². The van der Waals surface area contributed by atoms with E-state index >= 15 is 0 Å². The van der Waals surface area contributed by atoms with Crippen molar-refractivity contribution >= 4 is 39.2 Å². The SMILES string of the molecule is C[C@@H](Oc1cccc2ncnc(Nc3ccc4c(cnn4Cc4ccccn4)c3)c12)C(=O)NCCO. The van der Waals surface area contributed by atoms with E-state index < -0.39 is 6.10 Å². The lowest BCUT2D eigenvalue weighted by molar-refractivity contribution is -0.127. The van der Waals surface area contributed by atoms with Gasteiger partial charge in [-0.25, -0.2) is 9.97 Å². The number of aliphatic hydroxyl groups is 1. The van der Waals surface area contributed by atoms with Gasteiger partial charge in [0.05, 0.1) is 41.5 Å².